The molecule has 5 nitrogen and oxygen atoms in total. The number of ether oxygens (including phenoxy) is 2. The van der Waals surface area contributed by atoms with Crippen molar-refractivity contribution in [1.82, 2.24) is 9.78 Å². The van der Waals surface area contributed by atoms with Gasteiger partial charge in [0.05, 0.1) is 25.3 Å². The van der Waals surface area contributed by atoms with E-state index < -0.39 is 18.1 Å². The van der Waals surface area contributed by atoms with Gasteiger partial charge in [0, 0.05) is 12.1 Å². The molecule has 154 valence electrons. The normalized spacial score (nSPS) is 12.7. The van der Waals surface area contributed by atoms with Crippen molar-refractivity contribution in [2.24, 2.45) is 5.92 Å². The summed E-state index contributed by atoms with van der Waals surface area (Å²) >= 11 is 6.40. The molecule has 1 aromatic heterocycles. The molecule has 1 unspecified atom stereocenters. The minimum Gasteiger partial charge on any atom is -0.496 e. The Balaban J connectivity index is 2.49. The SMILES string of the molecule is CCOC(=O)c1nn(CC)c(-c2ccc(CC(C)C(F)(F)F)cc2OC)c1Cl. The molecule has 0 aliphatic carbocycles. The van der Waals surface area contributed by atoms with Gasteiger partial charge in [-0.2, -0.15) is 18.3 Å². The van der Waals surface area contributed by atoms with Gasteiger partial charge in [-0.15, -0.1) is 0 Å². The standard InChI is InChI=1S/C19H22ClF3N2O3/c1-5-25-17(15(20)16(24-25)18(26)28-6-2)13-8-7-12(10-14(13)27-4)9-11(3)19(21,22)23/h7-8,10-11H,5-6,9H2,1-4H3. The molecular weight excluding hydrogens is 397 g/mol. The van der Waals surface area contributed by atoms with Gasteiger partial charge in [0.1, 0.15) is 10.8 Å². The van der Waals surface area contributed by atoms with Gasteiger partial charge in [0.25, 0.3) is 0 Å². The Kier molecular flexibility index (Phi) is 6.98. The molecule has 28 heavy (non-hydrogen) atoms. The Bertz CT molecular complexity index is 850. The van der Waals surface area contributed by atoms with Crippen LogP contribution in [0.3, 0.4) is 0 Å². The zero-order valence-corrected chi connectivity index (χ0v) is 16.8. The Labute approximate surface area is 166 Å². The summed E-state index contributed by atoms with van der Waals surface area (Å²) in [5, 5.41) is 4.31. The summed E-state index contributed by atoms with van der Waals surface area (Å²) in [5.41, 5.74) is 1.44. The lowest BCUT2D eigenvalue weighted by Gasteiger charge is -2.17. The molecular formula is C19H22ClF3N2O3. The summed E-state index contributed by atoms with van der Waals surface area (Å²) in [6, 6.07) is 4.76. The maximum absolute atomic E-state index is 12.9. The van der Waals surface area contributed by atoms with E-state index in [0.717, 1.165) is 6.92 Å². The molecule has 9 heteroatoms. The van der Waals surface area contributed by atoms with Crippen LogP contribution in [0.2, 0.25) is 5.02 Å². The fourth-order valence-electron chi connectivity index (χ4n) is 2.78. The third-order valence-electron chi connectivity index (χ3n) is 4.28. The highest BCUT2D eigenvalue weighted by Crippen LogP contribution is 2.38. The zero-order valence-electron chi connectivity index (χ0n) is 16.1. The Morgan fingerprint density at radius 3 is 2.54 bits per heavy atom. The number of esters is 1. The monoisotopic (exact) mass is 418 g/mol. The molecule has 2 rings (SSSR count). The van der Waals surface area contributed by atoms with Crippen LogP contribution in [0, 0.1) is 5.92 Å². The van der Waals surface area contributed by atoms with Crippen molar-refractivity contribution in [3.63, 3.8) is 0 Å². The van der Waals surface area contributed by atoms with E-state index >= 15 is 0 Å². The molecule has 0 saturated heterocycles. The lowest BCUT2D eigenvalue weighted by Crippen LogP contribution is -2.21. The van der Waals surface area contributed by atoms with E-state index in [-0.39, 0.29) is 23.7 Å². The fourth-order valence-corrected chi connectivity index (χ4v) is 3.10. The fraction of sp³-hybridized carbons (Fsp3) is 0.474. The first-order valence-electron chi connectivity index (χ1n) is 8.81. The van der Waals surface area contributed by atoms with Crippen LogP contribution in [0.5, 0.6) is 5.75 Å². The van der Waals surface area contributed by atoms with E-state index in [1.54, 1.807) is 25.1 Å². The van der Waals surface area contributed by atoms with Gasteiger partial charge in [0.2, 0.25) is 0 Å². The van der Waals surface area contributed by atoms with Crippen LogP contribution in [-0.4, -0.2) is 35.6 Å². The quantitative estimate of drug-likeness (QED) is 0.583. The van der Waals surface area contributed by atoms with Crippen LogP contribution >= 0.6 is 11.6 Å². The maximum atomic E-state index is 12.9. The van der Waals surface area contributed by atoms with E-state index in [2.05, 4.69) is 5.10 Å². The molecule has 1 aromatic carbocycles. The number of rotatable bonds is 7. The molecule has 0 saturated carbocycles. The lowest BCUT2D eigenvalue weighted by molar-refractivity contribution is -0.169. The third-order valence-corrected chi connectivity index (χ3v) is 4.64. The summed E-state index contributed by atoms with van der Waals surface area (Å²) in [6.07, 6.45) is -4.44. The van der Waals surface area contributed by atoms with Crippen molar-refractivity contribution in [3.8, 4) is 17.0 Å². The number of methoxy groups -OCH3 is 1. The van der Waals surface area contributed by atoms with Gasteiger partial charge in [0.15, 0.2) is 5.69 Å². The summed E-state index contributed by atoms with van der Waals surface area (Å²) in [4.78, 5) is 12.1. The molecule has 1 atom stereocenters. The van der Waals surface area contributed by atoms with Crippen molar-refractivity contribution in [1.29, 1.82) is 0 Å². The van der Waals surface area contributed by atoms with Crippen LogP contribution in [0.15, 0.2) is 18.2 Å². The van der Waals surface area contributed by atoms with Crippen LogP contribution in [0.1, 0.15) is 36.8 Å². The van der Waals surface area contributed by atoms with Crippen molar-refractivity contribution < 1.29 is 27.4 Å². The highest BCUT2D eigenvalue weighted by molar-refractivity contribution is 6.36. The first-order valence-corrected chi connectivity index (χ1v) is 9.19. The maximum Gasteiger partial charge on any atom is 0.391 e. The average Bonchev–Trinajstić information content (AvgIpc) is 2.97. The number of alkyl halides is 3. The lowest BCUT2D eigenvalue weighted by atomic mass is 9.98. The largest absolute Gasteiger partial charge is 0.496 e. The van der Waals surface area contributed by atoms with Crippen LogP contribution in [-0.2, 0) is 17.7 Å². The molecule has 0 bridgehead atoms. The van der Waals surface area contributed by atoms with Gasteiger partial charge < -0.3 is 9.47 Å². The van der Waals surface area contributed by atoms with Crippen molar-refractivity contribution in [3.05, 3.63) is 34.5 Å². The molecule has 0 radical (unpaired) electrons. The first kappa shape index (κ1) is 22.1. The van der Waals surface area contributed by atoms with Crippen LogP contribution in [0.25, 0.3) is 11.3 Å². The Hall–Kier alpha value is -2.22. The van der Waals surface area contributed by atoms with Crippen LogP contribution < -0.4 is 4.74 Å². The second-order valence-corrected chi connectivity index (χ2v) is 6.61. The average molecular weight is 419 g/mol. The number of halogens is 4. The van der Waals surface area contributed by atoms with E-state index in [0.29, 0.717) is 29.1 Å². The number of hydrogen-bond acceptors (Lipinski definition) is 4. The molecule has 0 fully saturated rings. The zero-order chi connectivity index (χ0) is 21.1. The van der Waals surface area contributed by atoms with E-state index in [1.807, 2.05) is 6.92 Å². The molecule has 0 amide bonds. The summed E-state index contributed by atoms with van der Waals surface area (Å²) in [5.74, 6) is -1.78. The van der Waals surface area contributed by atoms with E-state index in [1.165, 1.54) is 11.8 Å². The Morgan fingerprint density at radius 2 is 2.00 bits per heavy atom. The highest BCUT2D eigenvalue weighted by atomic mass is 35.5. The molecule has 0 aliphatic heterocycles. The van der Waals surface area contributed by atoms with Crippen molar-refractivity contribution >= 4 is 17.6 Å². The third kappa shape index (κ3) is 4.60. The molecule has 0 aliphatic rings. The minimum absolute atomic E-state index is 0.0165. The smallest absolute Gasteiger partial charge is 0.391 e. The summed E-state index contributed by atoms with van der Waals surface area (Å²) in [6.45, 7) is 5.24. The number of carbonyl (C=O) groups is 1. The van der Waals surface area contributed by atoms with Gasteiger partial charge in [-0.1, -0.05) is 24.6 Å². The van der Waals surface area contributed by atoms with Crippen molar-refractivity contribution in [2.75, 3.05) is 13.7 Å². The number of nitrogens with zero attached hydrogens (tertiary/aromatic N) is 2. The number of hydrogen-bond donors (Lipinski definition) is 0. The highest BCUT2D eigenvalue weighted by Gasteiger charge is 2.36. The van der Waals surface area contributed by atoms with Crippen LogP contribution in [0.4, 0.5) is 13.2 Å². The number of aromatic nitrogens is 2. The van der Waals surface area contributed by atoms with Gasteiger partial charge in [-0.05, 0) is 38.0 Å². The Morgan fingerprint density at radius 1 is 1.32 bits per heavy atom. The molecule has 0 N–H and O–H groups in total. The van der Waals surface area contributed by atoms with Gasteiger partial charge in [-0.25, -0.2) is 4.79 Å². The van der Waals surface area contributed by atoms with E-state index in [9.17, 15) is 18.0 Å². The molecule has 2 aromatic rings. The molecule has 0 spiro atoms. The van der Waals surface area contributed by atoms with Gasteiger partial charge >= 0.3 is 12.1 Å². The molecule has 1 heterocycles. The number of carbonyl (C=O) groups excluding carboxylic acids is 1. The predicted molar refractivity (Wildman–Crippen MR) is 99.8 cm³/mol. The van der Waals surface area contributed by atoms with Gasteiger partial charge in [-0.3, -0.25) is 4.68 Å². The summed E-state index contributed by atoms with van der Waals surface area (Å²) in [7, 11) is 1.42. The predicted octanol–water partition coefficient (Wildman–Crippen LogP) is 5.15. The van der Waals surface area contributed by atoms with E-state index in [4.69, 9.17) is 21.1 Å². The minimum atomic E-state index is -4.27. The summed E-state index contributed by atoms with van der Waals surface area (Å²) < 4.78 is 50.4. The first-order chi connectivity index (χ1) is 13.1. The second kappa shape index (κ2) is 8.86. The second-order valence-electron chi connectivity index (χ2n) is 6.23. The topological polar surface area (TPSA) is 53.3 Å². The number of benzene rings is 1. The van der Waals surface area contributed by atoms with Crippen molar-refractivity contribution in [2.45, 2.75) is 39.9 Å². The number of aryl methyl sites for hydroxylation is 1.